The van der Waals surface area contributed by atoms with E-state index in [1.165, 1.54) is 5.56 Å². The third kappa shape index (κ3) is 2.63. The zero-order valence-corrected chi connectivity index (χ0v) is 12.8. The van der Waals surface area contributed by atoms with Gasteiger partial charge in [0, 0.05) is 15.3 Å². The molecule has 0 bridgehead atoms. The molecule has 1 heterocycles. The van der Waals surface area contributed by atoms with Crippen LogP contribution in [0.5, 0.6) is 11.6 Å². The Kier molecular flexibility index (Phi) is 3.60. The van der Waals surface area contributed by atoms with Gasteiger partial charge < -0.3 is 9.84 Å². The van der Waals surface area contributed by atoms with Crippen molar-refractivity contribution in [1.82, 2.24) is 4.98 Å². The minimum absolute atomic E-state index is 0.152. The van der Waals surface area contributed by atoms with Crippen molar-refractivity contribution in [3.63, 3.8) is 0 Å². The van der Waals surface area contributed by atoms with Crippen molar-refractivity contribution in [2.75, 3.05) is 0 Å². The van der Waals surface area contributed by atoms with Crippen LogP contribution in [-0.4, -0.2) is 16.1 Å². The summed E-state index contributed by atoms with van der Waals surface area (Å²) in [5.41, 5.74) is 2.47. The number of aromatic carboxylic acids is 1. The second kappa shape index (κ2) is 5.40. The third-order valence-electron chi connectivity index (χ3n) is 3.29. The molecule has 5 heteroatoms. The van der Waals surface area contributed by atoms with Gasteiger partial charge in [-0.3, -0.25) is 0 Å². The lowest BCUT2D eigenvalue weighted by Gasteiger charge is -2.09. The van der Waals surface area contributed by atoms with Crippen LogP contribution in [0.4, 0.5) is 0 Å². The molecule has 1 aliphatic carbocycles. The van der Waals surface area contributed by atoms with E-state index in [0.29, 0.717) is 11.6 Å². The van der Waals surface area contributed by atoms with Gasteiger partial charge in [-0.05, 0) is 65.6 Å². The lowest BCUT2D eigenvalue weighted by molar-refractivity contribution is 0.0694. The van der Waals surface area contributed by atoms with Crippen molar-refractivity contribution < 1.29 is 14.6 Å². The molecule has 0 saturated heterocycles. The molecular weight excluding hydrogens is 369 g/mol. The summed E-state index contributed by atoms with van der Waals surface area (Å²) in [4.78, 5) is 15.7. The predicted octanol–water partition coefficient (Wildman–Crippen LogP) is 3.67. The molecule has 4 nitrogen and oxygen atoms in total. The number of rotatable bonds is 3. The van der Waals surface area contributed by atoms with Gasteiger partial charge in [0.25, 0.3) is 0 Å². The van der Waals surface area contributed by atoms with Gasteiger partial charge in [-0.2, -0.15) is 0 Å². The number of ether oxygens (including phenoxy) is 1. The minimum Gasteiger partial charge on any atom is -0.478 e. The molecule has 0 saturated carbocycles. The molecule has 0 aliphatic heterocycles. The van der Waals surface area contributed by atoms with E-state index in [2.05, 4.69) is 27.6 Å². The number of nitrogens with zero attached hydrogens (tertiary/aromatic N) is 1. The number of halogens is 1. The molecule has 1 aromatic carbocycles. The van der Waals surface area contributed by atoms with E-state index in [4.69, 9.17) is 4.74 Å². The first kappa shape index (κ1) is 13.4. The number of hydrogen-bond donors (Lipinski definition) is 1. The maximum Gasteiger partial charge on any atom is 0.339 e. The number of fused-ring (bicyclic) bond motifs is 1. The molecular formula is C15H12INO3. The summed E-state index contributed by atoms with van der Waals surface area (Å²) >= 11 is 2.08. The number of aryl methyl sites for hydroxylation is 2. The fraction of sp³-hybridized carbons (Fsp3) is 0.200. The highest BCUT2D eigenvalue weighted by Gasteiger charge is 2.16. The van der Waals surface area contributed by atoms with E-state index < -0.39 is 5.97 Å². The summed E-state index contributed by atoms with van der Waals surface area (Å²) in [6, 6.07) is 8.88. The van der Waals surface area contributed by atoms with Crippen molar-refractivity contribution in [3.8, 4) is 11.6 Å². The number of hydrogen-bond acceptors (Lipinski definition) is 3. The fourth-order valence-electron chi connectivity index (χ4n) is 2.33. The molecule has 0 spiro atoms. The van der Waals surface area contributed by atoms with Crippen LogP contribution in [0.3, 0.4) is 0 Å². The van der Waals surface area contributed by atoms with Gasteiger partial charge in [-0.25, -0.2) is 9.78 Å². The quantitative estimate of drug-likeness (QED) is 0.825. The largest absolute Gasteiger partial charge is 0.478 e. The zero-order chi connectivity index (χ0) is 14.1. The summed E-state index contributed by atoms with van der Waals surface area (Å²) in [5, 5.41) is 9.22. The molecule has 0 radical (unpaired) electrons. The summed E-state index contributed by atoms with van der Waals surface area (Å²) < 4.78 is 6.51. The maximum absolute atomic E-state index is 11.2. The van der Waals surface area contributed by atoms with Crippen molar-refractivity contribution in [3.05, 3.63) is 50.7 Å². The van der Waals surface area contributed by atoms with Gasteiger partial charge in [-0.1, -0.05) is 6.07 Å². The molecule has 0 fully saturated rings. The summed E-state index contributed by atoms with van der Waals surface area (Å²) in [6.45, 7) is 0. The summed E-state index contributed by atoms with van der Waals surface area (Å²) in [5.74, 6) is -0.225. The second-order valence-corrected chi connectivity index (χ2v) is 5.90. The van der Waals surface area contributed by atoms with Gasteiger partial charge >= 0.3 is 5.97 Å². The maximum atomic E-state index is 11.2. The van der Waals surface area contributed by atoms with Crippen molar-refractivity contribution in [2.45, 2.75) is 19.3 Å². The lowest BCUT2D eigenvalue weighted by atomic mass is 10.2. The number of benzene rings is 1. The molecule has 3 rings (SSSR count). The van der Waals surface area contributed by atoms with Crippen LogP contribution in [0.2, 0.25) is 0 Å². The van der Waals surface area contributed by atoms with Gasteiger partial charge in [0.15, 0.2) is 0 Å². The van der Waals surface area contributed by atoms with Crippen LogP contribution in [0.15, 0.2) is 30.3 Å². The van der Waals surface area contributed by atoms with Crippen LogP contribution in [0, 0.1) is 3.57 Å². The van der Waals surface area contributed by atoms with Crippen LogP contribution in [0.25, 0.3) is 0 Å². The topological polar surface area (TPSA) is 59.4 Å². The second-order valence-electron chi connectivity index (χ2n) is 4.66. The molecule has 2 aromatic rings. The summed E-state index contributed by atoms with van der Waals surface area (Å²) in [7, 11) is 0. The highest BCUT2D eigenvalue weighted by Crippen LogP contribution is 2.28. The Hall–Kier alpha value is -1.63. The molecule has 0 amide bonds. The van der Waals surface area contributed by atoms with Crippen LogP contribution >= 0.6 is 22.6 Å². The van der Waals surface area contributed by atoms with E-state index in [1.807, 2.05) is 12.1 Å². The molecule has 1 aromatic heterocycles. The Labute approximate surface area is 129 Å². The van der Waals surface area contributed by atoms with Crippen LogP contribution in [-0.2, 0) is 12.8 Å². The number of carboxylic acids is 1. The predicted molar refractivity (Wildman–Crippen MR) is 82.5 cm³/mol. The average molecular weight is 381 g/mol. The molecule has 20 heavy (non-hydrogen) atoms. The standard InChI is InChI=1S/C15H12INO3/c16-10-5-6-13(11(8-10)15(18)19)20-14-7-4-9-2-1-3-12(9)17-14/h4-8H,1-3H2,(H,18,19). The van der Waals surface area contributed by atoms with Crippen LogP contribution < -0.4 is 4.74 Å². The third-order valence-corrected chi connectivity index (χ3v) is 3.96. The Morgan fingerprint density at radius 3 is 2.90 bits per heavy atom. The molecule has 0 unspecified atom stereocenters. The Morgan fingerprint density at radius 1 is 1.25 bits per heavy atom. The first-order valence-electron chi connectivity index (χ1n) is 6.33. The van der Waals surface area contributed by atoms with Gasteiger partial charge in [0.2, 0.25) is 5.88 Å². The lowest BCUT2D eigenvalue weighted by Crippen LogP contribution is -2.01. The van der Waals surface area contributed by atoms with Gasteiger partial charge in [0.1, 0.15) is 11.3 Å². The normalized spacial score (nSPS) is 13.1. The molecule has 102 valence electrons. The van der Waals surface area contributed by atoms with Gasteiger partial charge in [0.05, 0.1) is 0 Å². The number of pyridine rings is 1. The Balaban J connectivity index is 1.93. The molecule has 1 N–H and O–H groups in total. The smallest absolute Gasteiger partial charge is 0.339 e. The summed E-state index contributed by atoms with van der Waals surface area (Å²) in [6.07, 6.45) is 3.15. The van der Waals surface area contributed by atoms with E-state index in [0.717, 1.165) is 28.5 Å². The van der Waals surface area contributed by atoms with E-state index in [9.17, 15) is 9.90 Å². The Morgan fingerprint density at radius 2 is 2.10 bits per heavy atom. The fourth-order valence-corrected chi connectivity index (χ4v) is 2.82. The van der Waals surface area contributed by atoms with Crippen molar-refractivity contribution >= 4 is 28.6 Å². The van der Waals surface area contributed by atoms with Crippen molar-refractivity contribution in [2.24, 2.45) is 0 Å². The highest BCUT2D eigenvalue weighted by molar-refractivity contribution is 14.1. The first-order chi connectivity index (χ1) is 9.63. The monoisotopic (exact) mass is 381 g/mol. The van der Waals surface area contributed by atoms with E-state index in [-0.39, 0.29) is 5.56 Å². The SMILES string of the molecule is O=C(O)c1cc(I)ccc1Oc1ccc2c(n1)CCC2. The highest BCUT2D eigenvalue weighted by atomic mass is 127. The van der Waals surface area contributed by atoms with Crippen molar-refractivity contribution in [1.29, 1.82) is 0 Å². The Bertz CT molecular complexity index is 685. The molecule has 0 atom stereocenters. The number of carboxylic acid groups (broad SMARTS) is 1. The van der Waals surface area contributed by atoms with Crippen LogP contribution in [0.1, 0.15) is 28.0 Å². The van der Waals surface area contributed by atoms with Gasteiger partial charge in [-0.15, -0.1) is 0 Å². The first-order valence-corrected chi connectivity index (χ1v) is 7.41. The minimum atomic E-state index is -1.00. The van der Waals surface area contributed by atoms with E-state index >= 15 is 0 Å². The molecule has 1 aliphatic rings. The average Bonchev–Trinajstić information content (AvgIpc) is 2.88. The number of carbonyl (C=O) groups is 1. The zero-order valence-electron chi connectivity index (χ0n) is 10.6. The van der Waals surface area contributed by atoms with E-state index in [1.54, 1.807) is 18.2 Å². The number of aromatic nitrogens is 1.